The molecule has 2 amide bonds. The van der Waals surface area contributed by atoms with Gasteiger partial charge in [0.25, 0.3) is 0 Å². The lowest BCUT2D eigenvalue weighted by Crippen LogP contribution is -2.31. The third-order valence-electron chi connectivity index (χ3n) is 4.55. The van der Waals surface area contributed by atoms with Crippen molar-refractivity contribution in [1.82, 2.24) is 14.9 Å². The number of carbonyl (C=O) groups excluding carboxylic acids is 1. The van der Waals surface area contributed by atoms with Gasteiger partial charge in [0, 0.05) is 12.1 Å². The molecule has 1 aromatic carbocycles. The predicted molar refractivity (Wildman–Crippen MR) is 103 cm³/mol. The largest absolute Gasteiger partial charge is 0.497 e. The van der Waals surface area contributed by atoms with Gasteiger partial charge in [0.05, 0.1) is 36.9 Å². The SMILES string of the molecule is COc1ccc(-c2ccc(N)c(NC(=O)N3Cc4cc(F)cnc4C3)n2)cc1. The molecular formula is C20H18FN5O2. The number of anilines is 2. The normalized spacial score (nSPS) is 12.6. The first-order valence-electron chi connectivity index (χ1n) is 8.63. The Kier molecular flexibility index (Phi) is 4.52. The molecule has 1 aliphatic rings. The van der Waals surface area contributed by atoms with Crippen LogP contribution in [0.5, 0.6) is 5.75 Å². The van der Waals surface area contributed by atoms with Gasteiger partial charge >= 0.3 is 6.03 Å². The van der Waals surface area contributed by atoms with Crippen molar-refractivity contribution in [2.75, 3.05) is 18.2 Å². The number of ether oxygens (including phenoxy) is 1. The van der Waals surface area contributed by atoms with Crippen molar-refractivity contribution in [3.63, 3.8) is 0 Å². The summed E-state index contributed by atoms with van der Waals surface area (Å²) in [4.78, 5) is 22.7. The first-order valence-corrected chi connectivity index (χ1v) is 8.63. The number of halogens is 1. The van der Waals surface area contributed by atoms with Crippen LogP contribution in [0.4, 0.5) is 20.7 Å². The Hall–Kier alpha value is -3.68. The molecule has 28 heavy (non-hydrogen) atoms. The lowest BCUT2D eigenvalue weighted by molar-refractivity contribution is 0.212. The minimum Gasteiger partial charge on any atom is -0.497 e. The molecule has 0 unspecified atom stereocenters. The predicted octanol–water partition coefficient (Wildman–Crippen LogP) is 3.42. The highest BCUT2D eigenvalue weighted by atomic mass is 19.1. The molecule has 0 aliphatic carbocycles. The number of carbonyl (C=O) groups is 1. The summed E-state index contributed by atoms with van der Waals surface area (Å²) in [5, 5.41) is 2.74. The van der Waals surface area contributed by atoms with Crippen LogP contribution in [0.25, 0.3) is 11.3 Å². The van der Waals surface area contributed by atoms with Crippen LogP contribution in [-0.4, -0.2) is 28.0 Å². The molecule has 7 nitrogen and oxygen atoms in total. The van der Waals surface area contributed by atoms with Crippen LogP contribution in [0.2, 0.25) is 0 Å². The van der Waals surface area contributed by atoms with Gasteiger partial charge in [0.2, 0.25) is 0 Å². The Bertz CT molecular complexity index is 1040. The quantitative estimate of drug-likeness (QED) is 0.727. The van der Waals surface area contributed by atoms with Gasteiger partial charge in [0.1, 0.15) is 11.6 Å². The van der Waals surface area contributed by atoms with Gasteiger partial charge in [-0.3, -0.25) is 10.3 Å². The average molecular weight is 379 g/mol. The second-order valence-electron chi connectivity index (χ2n) is 6.41. The van der Waals surface area contributed by atoms with E-state index in [1.807, 2.05) is 24.3 Å². The van der Waals surface area contributed by atoms with E-state index in [4.69, 9.17) is 10.5 Å². The van der Waals surface area contributed by atoms with Crippen LogP contribution in [0.15, 0.2) is 48.7 Å². The summed E-state index contributed by atoms with van der Waals surface area (Å²) in [6.07, 6.45) is 1.15. The molecule has 8 heteroatoms. The molecule has 4 rings (SSSR count). The lowest BCUT2D eigenvalue weighted by Gasteiger charge is -2.17. The van der Waals surface area contributed by atoms with Gasteiger partial charge in [-0.1, -0.05) is 0 Å². The van der Waals surface area contributed by atoms with Gasteiger partial charge < -0.3 is 15.4 Å². The van der Waals surface area contributed by atoms with Crippen molar-refractivity contribution in [2.45, 2.75) is 13.1 Å². The van der Waals surface area contributed by atoms with Gasteiger partial charge in [0.15, 0.2) is 5.82 Å². The van der Waals surface area contributed by atoms with Crippen molar-refractivity contribution in [3.05, 3.63) is 65.7 Å². The van der Waals surface area contributed by atoms with E-state index in [2.05, 4.69) is 15.3 Å². The van der Waals surface area contributed by atoms with E-state index in [1.165, 1.54) is 11.0 Å². The number of benzene rings is 1. The highest BCUT2D eigenvalue weighted by Gasteiger charge is 2.25. The zero-order valence-corrected chi connectivity index (χ0v) is 15.1. The number of hydrogen-bond acceptors (Lipinski definition) is 5. The van der Waals surface area contributed by atoms with Gasteiger partial charge in [-0.2, -0.15) is 0 Å². The molecule has 0 saturated carbocycles. The van der Waals surface area contributed by atoms with Crippen molar-refractivity contribution >= 4 is 17.5 Å². The summed E-state index contributed by atoms with van der Waals surface area (Å²) in [5.74, 6) is 0.596. The standard InChI is InChI=1S/C20H18FN5O2/c1-28-15-4-2-12(3-5-15)17-7-6-16(22)19(24-17)25-20(27)26-10-13-8-14(21)9-23-18(13)11-26/h2-9H,10-11,22H2,1H3,(H,24,25,27). The fourth-order valence-corrected chi connectivity index (χ4v) is 3.05. The van der Waals surface area contributed by atoms with Gasteiger partial charge in [-0.25, -0.2) is 14.2 Å². The summed E-state index contributed by atoms with van der Waals surface area (Å²) < 4.78 is 18.5. The number of nitrogens with two attached hydrogens (primary N) is 1. The Morgan fingerprint density at radius 2 is 2.00 bits per heavy atom. The molecule has 1 aliphatic heterocycles. The van der Waals surface area contributed by atoms with E-state index in [0.29, 0.717) is 29.2 Å². The Balaban J connectivity index is 1.52. The number of nitrogens with one attached hydrogen (secondary N) is 1. The number of methoxy groups -OCH3 is 1. The first-order chi connectivity index (χ1) is 13.5. The summed E-state index contributed by atoms with van der Waals surface area (Å²) >= 11 is 0. The summed E-state index contributed by atoms with van der Waals surface area (Å²) in [7, 11) is 1.60. The maximum absolute atomic E-state index is 13.3. The minimum atomic E-state index is -0.417. The molecule has 0 saturated heterocycles. The van der Waals surface area contributed by atoms with Crippen molar-refractivity contribution in [3.8, 4) is 17.0 Å². The van der Waals surface area contributed by atoms with E-state index in [1.54, 1.807) is 19.2 Å². The highest BCUT2D eigenvalue weighted by molar-refractivity contribution is 5.92. The maximum atomic E-state index is 13.3. The van der Waals surface area contributed by atoms with Crippen molar-refractivity contribution < 1.29 is 13.9 Å². The molecule has 3 aromatic rings. The highest BCUT2D eigenvalue weighted by Crippen LogP contribution is 2.27. The molecule has 2 aromatic heterocycles. The number of amides is 2. The van der Waals surface area contributed by atoms with Crippen LogP contribution < -0.4 is 15.8 Å². The molecule has 3 N–H and O–H groups in total. The summed E-state index contributed by atoms with van der Waals surface area (Å²) in [6, 6.07) is 11.9. The van der Waals surface area contributed by atoms with Crippen LogP contribution in [0.1, 0.15) is 11.3 Å². The fourth-order valence-electron chi connectivity index (χ4n) is 3.05. The maximum Gasteiger partial charge on any atom is 0.323 e. The van der Waals surface area contributed by atoms with Crippen LogP contribution >= 0.6 is 0 Å². The molecule has 0 radical (unpaired) electrons. The topological polar surface area (TPSA) is 93.4 Å². The number of urea groups is 1. The average Bonchev–Trinajstić information content (AvgIpc) is 3.13. The van der Waals surface area contributed by atoms with Crippen molar-refractivity contribution in [2.24, 2.45) is 0 Å². The summed E-state index contributed by atoms with van der Waals surface area (Å²) in [6.45, 7) is 0.587. The Morgan fingerprint density at radius 1 is 1.21 bits per heavy atom. The smallest absolute Gasteiger partial charge is 0.323 e. The molecule has 0 spiro atoms. The number of rotatable bonds is 3. The summed E-state index contributed by atoms with van der Waals surface area (Å²) in [5.41, 5.74) is 9.25. The van der Waals surface area contributed by atoms with Crippen LogP contribution in [0, 0.1) is 5.82 Å². The third-order valence-corrected chi connectivity index (χ3v) is 4.55. The van der Waals surface area contributed by atoms with E-state index >= 15 is 0 Å². The van der Waals surface area contributed by atoms with Crippen molar-refractivity contribution in [1.29, 1.82) is 0 Å². The number of pyridine rings is 2. The fraction of sp³-hybridized carbons (Fsp3) is 0.150. The molecule has 0 bridgehead atoms. The number of nitrogen functional groups attached to an aromatic ring is 1. The van der Waals surface area contributed by atoms with E-state index in [0.717, 1.165) is 17.5 Å². The van der Waals surface area contributed by atoms with E-state index in [9.17, 15) is 9.18 Å². The van der Waals surface area contributed by atoms with Crippen LogP contribution in [-0.2, 0) is 13.1 Å². The van der Waals surface area contributed by atoms with Gasteiger partial charge in [-0.15, -0.1) is 0 Å². The minimum absolute atomic E-state index is 0.272. The molecule has 142 valence electrons. The third kappa shape index (κ3) is 3.44. The Morgan fingerprint density at radius 3 is 2.75 bits per heavy atom. The monoisotopic (exact) mass is 379 g/mol. The number of aromatic nitrogens is 2. The Labute approximate surface area is 161 Å². The van der Waals surface area contributed by atoms with E-state index < -0.39 is 5.82 Å². The first kappa shape index (κ1) is 17.7. The second kappa shape index (κ2) is 7.15. The zero-order chi connectivity index (χ0) is 19.7. The molecule has 0 atom stereocenters. The van der Waals surface area contributed by atoms with Gasteiger partial charge in [-0.05, 0) is 48.0 Å². The van der Waals surface area contributed by atoms with E-state index in [-0.39, 0.29) is 18.4 Å². The lowest BCUT2D eigenvalue weighted by atomic mass is 10.1. The molecular weight excluding hydrogens is 361 g/mol. The zero-order valence-electron chi connectivity index (χ0n) is 15.1. The number of nitrogens with zero attached hydrogens (tertiary/aromatic N) is 3. The number of hydrogen-bond donors (Lipinski definition) is 2. The molecule has 3 heterocycles. The van der Waals surface area contributed by atoms with Crippen LogP contribution in [0.3, 0.4) is 0 Å². The number of fused-ring (bicyclic) bond motifs is 1. The molecule has 0 fully saturated rings. The second-order valence-corrected chi connectivity index (χ2v) is 6.41.